The Morgan fingerprint density at radius 2 is 0.906 bits per heavy atom. The highest BCUT2D eigenvalue weighted by Gasteiger charge is 2.24. The third kappa shape index (κ3) is 37.3. The summed E-state index contributed by atoms with van der Waals surface area (Å²) in [5.41, 5.74) is 0. The van der Waals surface area contributed by atoms with Crippen LogP contribution in [0.1, 0.15) is 252 Å². The van der Waals surface area contributed by atoms with E-state index in [1.807, 2.05) is 0 Å². The van der Waals surface area contributed by atoms with Gasteiger partial charge in [0, 0.05) is 6.42 Å². The number of hydrogen-bond donors (Lipinski definition) is 3. The number of hydrogen-bond acceptors (Lipinski definition) is 5. The molecule has 0 aliphatic carbocycles. The van der Waals surface area contributed by atoms with Crippen molar-refractivity contribution in [2.24, 2.45) is 0 Å². The summed E-state index contributed by atoms with van der Waals surface area (Å²) in [4.78, 5) is 25.9. The smallest absolute Gasteiger partial charge is 0.306 e. The van der Waals surface area contributed by atoms with Gasteiger partial charge in [-0.1, -0.05) is 200 Å². The van der Waals surface area contributed by atoms with E-state index >= 15 is 0 Å². The first kappa shape index (κ1) is 51.6. The number of nitrogens with one attached hydrogen (secondary N) is 1. The molecule has 0 aliphatic rings. The number of aliphatic hydroxyl groups is 2. The monoisotopic (exact) mass is 750 g/mol. The molecule has 0 saturated heterocycles. The van der Waals surface area contributed by atoms with Crippen LogP contribution in [0.2, 0.25) is 0 Å². The Kier molecular flexibility index (Phi) is 40.7. The van der Waals surface area contributed by atoms with Crippen LogP contribution in [0.15, 0.2) is 12.2 Å². The molecule has 0 rings (SSSR count). The van der Waals surface area contributed by atoms with Crippen molar-refractivity contribution < 1.29 is 24.5 Å². The van der Waals surface area contributed by atoms with Gasteiger partial charge in [-0.05, 0) is 51.4 Å². The molecule has 314 valence electrons. The molecule has 0 heterocycles. The average Bonchev–Trinajstić information content (AvgIpc) is 3.15. The Bertz CT molecular complexity index is 802. The highest BCUT2D eigenvalue weighted by atomic mass is 16.5. The van der Waals surface area contributed by atoms with Gasteiger partial charge < -0.3 is 20.3 Å². The number of aliphatic hydroxyl groups excluding tert-OH is 2. The van der Waals surface area contributed by atoms with Crippen molar-refractivity contribution in [2.45, 2.75) is 270 Å². The second kappa shape index (κ2) is 41.8. The maximum absolute atomic E-state index is 13.1. The molecule has 6 nitrogen and oxygen atoms in total. The van der Waals surface area contributed by atoms with E-state index in [4.69, 9.17) is 4.74 Å². The third-order valence-corrected chi connectivity index (χ3v) is 10.8. The normalized spacial score (nSPS) is 13.4. The van der Waals surface area contributed by atoms with Crippen LogP contribution in [-0.2, 0) is 14.3 Å². The van der Waals surface area contributed by atoms with Crippen molar-refractivity contribution in [3.05, 3.63) is 12.2 Å². The van der Waals surface area contributed by atoms with Crippen molar-refractivity contribution in [2.75, 3.05) is 6.61 Å². The van der Waals surface area contributed by atoms with Crippen molar-refractivity contribution in [1.82, 2.24) is 5.32 Å². The van der Waals surface area contributed by atoms with Gasteiger partial charge in [-0.3, -0.25) is 9.59 Å². The van der Waals surface area contributed by atoms with Gasteiger partial charge in [-0.2, -0.15) is 0 Å². The molecule has 6 heteroatoms. The molecule has 0 bridgehead atoms. The largest absolute Gasteiger partial charge is 0.462 e. The lowest BCUT2D eigenvalue weighted by molar-refractivity contribution is -0.151. The highest BCUT2D eigenvalue weighted by molar-refractivity contribution is 5.77. The van der Waals surface area contributed by atoms with Gasteiger partial charge >= 0.3 is 5.97 Å². The molecule has 3 atom stereocenters. The number of amides is 1. The van der Waals surface area contributed by atoms with Crippen LogP contribution < -0.4 is 5.32 Å². The lowest BCUT2D eigenvalue weighted by Crippen LogP contribution is -2.46. The molecule has 0 aliphatic heterocycles. The van der Waals surface area contributed by atoms with E-state index in [2.05, 4.69) is 38.2 Å². The van der Waals surface area contributed by atoms with Crippen molar-refractivity contribution in [3.63, 3.8) is 0 Å². The number of ether oxygens (including phenoxy) is 1. The number of esters is 1. The first-order valence-electron chi connectivity index (χ1n) is 23.4. The summed E-state index contributed by atoms with van der Waals surface area (Å²) >= 11 is 0. The fourth-order valence-corrected chi connectivity index (χ4v) is 7.25. The van der Waals surface area contributed by atoms with E-state index in [1.54, 1.807) is 0 Å². The molecule has 0 aromatic heterocycles. The summed E-state index contributed by atoms with van der Waals surface area (Å²) in [7, 11) is 0. The quantitative estimate of drug-likeness (QED) is 0.0328. The molecule has 0 saturated carbocycles. The molecule has 3 N–H and O–H groups in total. The SMILES string of the molecule is CCCCCC/C=C\CCCCCCCCCC(=O)OC(CCCCCCCCCC)CC(=O)NC(CO)C(O)CCCCCCCCCCCCC. The maximum atomic E-state index is 13.1. The van der Waals surface area contributed by atoms with Gasteiger partial charge in [0.25, 0.3) is 0 Å². The van der Waals surface area contributed by atoms with E-state index in [0.29, 0.717) is 19.3 Å². The molecular formula is C47H91NO5. The van der Waals surface area contributed by atoms with E-state index in [-0.39, 0.29) is 24.9 Å². The Labute approximate surface area is 329 Å². The zero-order valence-corrected chi connectivity index (χ0v) is 35.7. The van der Waals surface area contributed by atoms with E-state index in [1.165, 1.54) is 161 Å². The maximum Gasteiger partial charge on any atom is 0.306 e. The van der Waals surface area contributed by atoms with Crippen LogP contribution in [0.5, 0.6) is 0 Å². The van der Waals surface area contributed by atoms with E-state index in [0.717, 1.165) is 44.9 Å². The van der Waals surface area contributed by atoms with Crippen LogP contribution in [-0.4, -0.2) is 46.9 Å². The number of unbranched alkanes of at least 4 members (excludes halogenated alkanes) is 28. The number of rotatable bonds is 42. The van der Waals surface area contributed by atoms with Gasteiger partial charge in [0.15, 0.2) is 0 Å². The van der Waals surface area contributed by atoms with Crippen molar-refractivity contribution in [3.8, 4) is 0 Å². The Morgan fingerprint density at radius 3 is 1.36 bits per heavy atom. The highest BCUT2D eigenvalue weighted by Crippen LogP contribution is 2.18. The summed E-state index contributed by atoms with van der Waals surface area (Å²) in [5, 5.41) is 23.6. The molecule has 3 unspecified atom stereocenters. The topological polar surface area (TPSA) is 95.9 Å². The Hall–Kier alpha value is -1.40. The molecule has 0 fully saturated rings. The van der Waals surface area contributed by atoms with Gasteiger partial charge in [-0.25, -0.2) is 0 Å². The van der Waals surface area contributed by atoms with Gasteiger partial charge in [0.1, 0.15) is 6.10 Å². The number of carbonyl (C=O) groups excluding carboxylic acids is 2. The number of carbonyl (C=O) groups is 2. The minimum absolute atomic E-state index is 0.0813. The molecule has 53 heavy (non-hydrogen) atoms. The zero-order valence-electron chi connectivity index (χ0n) is 35.7. The standard InChI is InChI=1S/C47H91NO5/c1-4-7-10-13-16-19-21-22-23-24-26-28-31-34-37-40-47(52)53-43(38-35-32-29-18-15-12-9-6-3)41-46(51)48-44(42-49)45(50)39-36-33-30-27-25-20-17-14-11-8-5-2/h19,21,43-45,49-50H,4-18,20,22-42H2,1-3H3,(H,48,51)/b21-19-. The second-order valence-corrected chi connectivity index (χ2v) is 16.2. The molecule has 0 aromatic rings. The summed E-state index contributed by atoms with van der Waals surface area (Å²) < 4.78 is 5.89. The molecular weight excluding hydrogens is 659 g/mol. The lowest BCUT2D eigenvalue weighted by Gasteiger charge is -2.24. The Balaban J connectivity index is 4.45. The van der Waals surface area contributed by atoms with Crippen LogP contribution in [0.25, 0.3) is 0 Å². The average molecular weight is 750 g/mol. The number of allylic oxidation sites excluding steroid dienone is 2. The van der Waals surface area contributed by atoms with Crippen LogP contribution in [0.4, 0.5) is 0 Å². The molecule has 1 amide bonds. The minimum Gasteiger partial charge on any atom is -0.462 e. The van der Waals surface area contributed by atoms with Crippen molar-refractivity contribution in [1.29, 1.82) is 0 Å². The zero-order chi connectivity index (χ0) is 38.9. The van der Waals surface area contributed by atoms with Crippen LogP contribution in [0.3, 0.4) is 0 Å². The summed E-state index contributed by atoms with van der Waals surface area (Å²) in [5.74, 6) is -0.471. The van der Waals surface area contributed by atoms with E-state index < -0.39 is 18.2 Å². The van der Waals surface area contributed by atoms with Gasteiger partial charge in [0.2, 0.25) is 5.91 Å². The summed E-state index contributed by atoms with van der Waals surface area (Å²) in [6.07, 6.45) is 44.2. The molecule has 0 radical (unpaired) electrons. The lowest BCUT2D eigenvalue weighted by atomic mass is 10.0. The van der Waals surface area contributed by atoms with Crippen molar-refractivity contribution >= 4 is 11.9 Å². The van der Waals surface area contributed by atoms with E-state index in [9.17, 15) is 19.8 Å². The Morgan fingerprint density at radius 1 is 0.528 bits per heavy atom. The summed E-state index contributed by atoms with van der Waals surface area (Å²) in [6, 6.07) is -0.693. The van der Waals surface area contributed by atoms with Gasteiger partial charge in [0.05, 0.1) is 25.2 Å². The van der Waals surface area contributed by atoms with Crippen LogP contribution in [0, 0.1) is 0 Å². The minimum atomic E-state index is -0.779. The summed E-state index contributed by atoms with van der Waals surface area (Å²) in [6.45, 7) is 6.44. The molecule has 0 spiro atoms. The first-order chi connectivity index (χ1) is 26.0. The fourth-order valence-electron chi connectivity index (χ4n) is 7.25. The fraction of sp³-hybridized carbons (Fsp3) is 0.915. The van der Waals surface area contributed by atoms with Gasteiger partial charge in [-0.15, -0.1) is 0 Å². The molecule has 0 aromatic carbocycles. The predicted molar refractivity (Wildman–Crippen MR) is 227 cm³/mol. The third-order valence-electron chi connectivity index (χ3n) is 10.8. The second-order valence-electron chi connectivity index (χ2n) is 16.2. The predicted octanol–water partition coefficient (Wildman–Crippen LogP) is 13.4. The first-order valence-corrected chi connectivity index (χ1v) is 23.4. The van der Waals surface area contributed by atoms with Crippen LogP contribution >= 0.6 is 0 Å².